The van der Waals surface area contributed by atoms with Gasteiger partial charge < -0.3 is 20.1 Å². The summed E-state index contributed by atoms with van der Waals surface area (Å²) in [6, 6.07) is 5.72. The number of carbonyl (C=O) groups excluding carboxylic acids is 1. The van der Waals surface area contributed by atoms with Gasteiger partial charge in [0.1, 0.15) is 11.5 Å². The summed E-state index contributed by atoms with van der Waals surface area (Å²) in [5.74, 6) is 2.17. The van der Waals surface area contributed by atoms with Crippen LogP contribution < -0.4 is 20.1 Å². The van der Waals surface area contributed by atoms with E-state index in [-0.39, 0.29) is 18.3 Å². The molecule has 6 heteroatoms. The molecule has 1 aliphatic heterocycles. The quantitative estimate of drug-likeness (QED) is 0.797. The van der Waals surface area contributed by atoms with Crippen molar-refractivity contribution in [1.82, 2.24) is 10.6 Å². The molecule has 2 rings (SSSR count). The average molecular weight is 343 g/mol. The van der Waals surface area contributed by atoms with E-state index in [1.165, 1.54) is 12.8 Å². The summed E-state index contributed by atoms with van der Waals surface area (Å²) in [6.07, 6.45) is 3.56. The van der Waals surface area contributed by atoms with Gasteiger partial charge in [0.25, 0.3) is 0 Å². The third kappa shape index (κ3) is 6.67. The monoisotopic (exact) mass is 342 g/mol. The van der Waals surface area contributed by atoms with Crippen LogP contribution in [-0.2, 0) is 11.2 Å². The molecule has 130 valence electrons. The highest BCUT2D eigenvalue weighted by Crippen LogP contribution is 2.23. The van der Waals surface area contributed by atoms with Crippen molar-refractivity contribution in [1.29, 1.82) is 0 Å². The Bertz CT molecular complexity index is 468. The number of rotatable bonds is 7. The van der Waals surface area contributed by atoms with E-state index in [4.69, 9.17) is 9.47 Å². The van der Waals surface area contributed by atoms with Crippen LogP contribution in [0.2, 0.25) is 0 Å². The first-order valence-corrected chi connectivity index (χ1v) is 7.90. The van der Waals surface area contributed by atoms with Crippen LogP contribution in [0.5, 0.6) is 11.5 Å². The molecule has 1 amide bonds. The van der Waals surface area contributed by atoms with Gasteiger partial charge in [0.15, 0.2) is 0 Å². The van der Waals surface area contributed by atoms with Crippen LogP contribution in [0.1, 0.15) is 24.8 Å². The first-order chi connectivity index (χ1) is 10.7. The van der Waals surface area contributed by atoms with Crippen LogP contribution in [0, 0.1) is 5.92 Å². The average Bonchev–Trinajstić information content (AvgIpc) is 2.58. The predicted octanol–water partition coefficient (Wildman–Crippen LogP) is 2.17. The van der Waals surface area contributed by atoms with E-state index in [1.807, 2.05) is 18.2 Å². The minimum Gasteiger partial charge on any atom is -0.497 e. The van der Waals surface area contributed by atoms with Gasteiger partial charge in [-0.3, -0.25) is 4.79 Å². The number of methoxy groups -OCH3 is 2. The summed E-state index contributed by atoms with van der Waals surface area (Å²) in [6.45, 7) is 2.88. The Morgan fingerprint density at radius 2 is 1.96 bits per heavy atom. The number of aryl methyl sites for hydroxylation is 1. The molecule has 0 bridgehead atoms. The van der Waals surface area contributed by atoms with Crippen molar-refractivity contribution >= 4 is 18.3 Å². The lowest BCUT2D eigenvalue weighted by Gasteiger charge is -2.22. The molecule has 1 atom stereocenters. The summed E-state index contributed by atoms with van der Waals surface area (Å²) in [5.41, 5.74) is 1.05. The van der Waals surface area contributed by atoms with Crippen LogP contribution in [0.3, 0.4) is 0 Å². The van der Waals surface area contributed by atoms with Crippen molar-refractivity contribution in [2.75, 3.05) is 33.9 Å². The van der Waals surface area contributed by atoms with Gasteiger partial charge in [-0.05, 0) is 56.0 Å². The highest BCUT2D eigenvalue weighted by molar-refractivity contribution is 5.85. The summed E-state index contributed by atoms with van der Waals surface area (Å²) in [4.78, 5) is 12.0. The van der Waals surface area contributed by atoms with E-state index < -0.39 is 0 Å². The Morgan fingerprint density at radius 3 is 2.52 bits per heavy atom. The highest BCUT2D eigenvalue weighted by atomic mass is 35.5. The van der Waals surface area contributed by atoms with Gasteiger partial charge in [0.2, 0.25) is 5.91 Å². The molecule has 0 aromatic heterocycles. The van der Waals surface area contributed by atoms with Crippen LogP contribution in [0.15, 0.2) is 18.2 Å². The lowest BCUT2D eigenvalue weighted by Crippen LogP contribution is -2.38. The number of nitrogens with one attached hydrogen (secondary N) is 2. The molecular weight excluding hydrogens is 316 g/mol. The number of amides is 1. The summed E-state index contributed by atoms with van der Waals surface area (Å²) < 4.78 is 10.5. The fourth-order valence-electron chi connectivity index (χ4n) is 2.71. The van der Waals surface area contributed by atoms with Crippen molar-refractivity contribution in [2.45, 2.75) is 25.7 Å². The maximum atomic E-state index is 12.0. The van der Waals surface area contributed by atoms with Crippen LogP contribution in [-0.4, -0.2) is 39.8 Å². The summed E-state index contributed by atoms with van der Waals surface area (Å²) in [7, 11) is 3.26. The van der Waals surface area contributed by atoms with Gasteiger partial charge in [-0.15, -0.1) is 12.4 Å². The molecule has 0 saturated carbocycles. The molecule has 5 nitrogen and oxygen atoms in total. The second-order valence-corrected chi connectivity index (χ2v) is 5.74. The van der Waals surface area contributed by atoms with Gasteiger partial charge in [0.05, 0.1) is 14.2 Å². The van der Waals surface area contributed by atoms with Gasteiger partial charge in [0, 0.05) is 19.0 Å². The normalized spacial score (nSPS) is 17.0. The third-order valence-corrected chi connectivity index (χ3v) is 4.04. The molecule has 1 aliphatic rings. The molecular formula is C17H27ClN2O3. The largest absolute Gasteiger partial charge is 0.497 e. The number of halogens is 1. The third-order valence-electron chi connectivity index (χ3n) is 4.04. The molecule has 1 heterocycles. The minimum absolute atomic E-state index is 0. The molecule has 0 radical (unpaired) electrons. The van der Waals surface area contributed by atoms with Crippen LogP contribution in [0.4, 0.5) is 0 Å². The molecule has 23 heavy (non-hydrogen) atoms. The smallest absolute Gasteiger partial charge is 0.220 e. The molecule has 2 N–H and O–H groups in total. The van der Waals surface area contributed by atoms with E-state index in [9.17, 15) is 4.79 Å². The Kier molecular flexibility index (Phi) is 8.81. The Hall–Kier alpha value is -1.46. The van der Waals surface area contributed by atoms with E-state index in [0.29, 0.717) is 18.8 Å². The fourth-order valence-corrected chi connectivity index (χ4v) is 2.71. The molecule has 0 spiro atoms. The molecule has 1 fully saturated rings. The summed E-state index contributed by atoms with van der Waals surface area (Å²) in [5, 5.41) is 6.40. The summed E-state index contributed by atoms with van der Waals surface area (Å²) >= 11 is 0. The van der Waals surface area contributed by atoms with Crippen LogP contribution in [0.25, 0.3) is 0 Å². The first-order valence-electron chi connectivity index (χ1n) is 7.90. The van der Waals surface area contributed by atoms with Crippen molar-refractivity contribution in [3.05, 3.63) is 23.8 Å². The maximum absolute atomic E-state index is 12.0. The molecule has 1 aromatic carbocycles. The predicted molar refractivity (Wildman–Crippen MR) is 93.7 cm³/mol. The van der Waals surface area contributed by atoms with E-state index in [1.54, 1.807) is 14.2 Å². The van der Waals surface area contributed by atoms with E-state index >= 15 is 0 Å². The Labute approximate surface area is 144 Å². The zero-order valence-electron chi connectivity index (χ0n) is 13.9. The van der Waals surface area contributed by atoms with E-state index in [0.717, 1.165) is 36.7 Å². The molecule has 1 aromatic rings. The molecule has 1 saturated heterocycles. The molecule has 1 unspecified atom stereocenters. The zero-order chi connectivity index (χ0) is 15.8. The lowest BCUT2D eigenvalue weighted by atomic mass is 9.99. The number of piperidine rings is 1. The molecule has 0 aliphatic carbocycles. The standard InChI is InChI=1S/C17H26N2O3.ClH/c1-21-15-8-13(9-16(10-15)22-2)5-6-17(20)19-12-14-4-3-7-18-11-14;/h8-10,14,18H,3-7,11-12H2,1-2H3,(H,19,20);1H. The highest BCUT2D eigenvalue weighted by Gasteiger charge is 2.13. The minimum atomic E-state index is 0. The van der Waals surface area contributed by atoms with Gasteiger partial charge in [-0.2, -0.15) is 0 Å². The number of benzene rings is 1. The lowest BCUT2D eigenvalue weighted by molar-refractivity contribution is -0.121. The first kappa shape index (κ1) is 19.6. The maximum Gasteiger partial charge on any atom is 0.220 e. The van der Waals surface area contributed by atoms with Crippen LogP contribution >= 0.6 is 12.4 Å². The Balaban J connectivity index is 0.00000264. The second-order valence-electron chi connectivity index (χ2n) is 5.74. The van der Waals surface area contributed by atoms with Crippen molar-refractivity contribution in [3.63, 3.8) is 0 Å². The van der Waals surface area contributed by atoms with Crippen molar-refractivity contribution < 1.29 is 14.3 Å². The fraction of sp³-hybridized carbons (Fsp3) is 0.588. The number of carbonyl (C=O) groups is 1. The van der Waals surface area contributed by atoms with Crippen molar-refractivity contribution in [3.8, 4) is 11.5 Å². The number of hydrogen-bond acceptors (Lipinski definition) is 4. The zero-order valence-corrected chi connectivity index (χ0v) is 14.7. The van der Waals surface area contributed by atoms with Gasteiger partial charge in [-0.1, -0.05) is 0 Å². The van der Waals surface area contributed by atoms with Crippen molar-refractivity contribution in [2.24, 2.45) is 5.92 Å². The van der Waals surface area contributed by atoms with E-state index in [2.05, 4.69) is 10.6 Å². The van der Waals surface area contributed by atoms with Gasteiger partial charge >= 0.3 is 0 Å². The SMILES string of the molecule is COc1cc(CCC(=O)NCC2CCCNC2)cc(OC)c1.Cl. The number of hydrogen-bond donors (Lipinski definition) is 2. The number of ether oxygens (including phenoxy) is 2. The topological polar surface area (TPSA) is 59.6 Å². The second kappa shape index (κ2) is 10.3. The van der Waals surface area contributed by atoms with Gasteiger partial charge in [-0.25, -0.2) is 0 Å². The Morgan fingerprint density at radius 1 is 1.26 bits per heavy atom.